The molecule has 0 saturated carbocycles. The first-order valence-corrected chi connectivity index (χ1v) is 4.66. The number of nitrogens with two attached hydrogens (primary N) is 1. The first-order valence-electron chi connectivity index (χ1n) is 3.67. The third-order valence-corrected chi connectivity index (χ3v) is 2.40. The van der Waals surface area contributed by atoms with Crippen LogP contribution in [0.15, 0.2) is 35.5 Å². The number of rotatable bonds is 3. The molecule has 0 spiro atoms. The van der Waals surface area contributed by atoms with Crippen LogP contribution in [0.1, 0.15) is 6.92 Å². The van der Waals surface area contributed by atoms with Gasteiger partial charge >= 0.3 is 0 Å². The number of pyridine rings is 1. The van der Waals surface area contributed by atoms with E-state index in [-0.39, 0.29) is 0 Å². The average molecular weight is 180 g/mol. The zero-order chi connectivity index (χ0) is 8.97. The summed E-state index contributed by atoms with van der Waals surface area (Å²) in [5.41, 5.74) is 7.35. The van der Waals surface area contributed by atoms with Crippen molar-refractivity contribution >= 4 is 17.4 Å². The summed E-state index contributed by atoms with van der Waals surface area (Å²) in [5, 5.41) is 0.993. The summed E-state index contributed by atoms with van der Waals surface area (Å²) in [5.74, 6) is 0.914. The molecule has 1 heterocycles. The Balaban J connectivity index is 2.53. The van der Waals surface area contributed by atoms with Gasteiger partial charge in [0.1, 0.15) is 0 Å². The lowest BCUT2D eigenvalue weighted by Crippen LogP contribution is -1.87. The monoisotopic (exact) mass is 180 g/mol. The summed E-state index contributed by atoms with van der Waals surface area (Å²) >= 11 is 1.67. The van der Waals surface area contributed by atoms with Crippen LogP contribution in [0.4, 0.5) is 5.69 Å². The smallest absolute Gasteiger partial charge is 0.0964 e. The number of aromatic nitrogens is 1. The van der Waals surface area contributed by atoms with Gasteiger partial charge in [-0.3, -0.25) is 0 Å². The van der Waals surface area contributed by atoms with Crippen molar-refractivity contribution in [3.05, 3.63) is 30.5 Å². The van der Waals surface area contributed by atoms with Crippen molar-refractivity contribution in [3.8, 4) is 0 Å². The van der Waals surface area contributed by atoms with Gasteiger partial charge in [-0.2, -0.15) is 0 Å². The van der Waals surface area contributed by atoms with Crippen molar-refractivity contribution in [2.24, 2.45) is 0 Å². The number of hydrogen-bond donors (Lipinski definition) is 1. The number of nitrogens with zero attached hydrogens (tertiary/aromatic N) is 1. The van der Waals surface area contributed by atoms with Crippen LogP contribution in [-0.4, -0.2) is 10.7 Å². The van der Waals surface area contributed by atoms with Gasteiger partial charge in [0.25, 0.3) is 0 Å². The predicted molar refractivity (Wildman–Crippen MR) is 54.2 cm³/mol. The summed E-state index contributed by atoms with van der Waals surface area (Å²) in [6.45, 7) is 5.82. The SMILES string of the molecule is C=C(C)CSc1ccc(N)cn1. The van der Waals surface area contributed by atoms with Gasteiger partial charge in [0.2, 0.25) is 0 Å². The largest absolute Gasteiger partial charge is 0.397 e. The Hall–Kier alpha value is -0.960. The van der Waals surface area contributed by atoms with Crippen LogP contribution in [0.5, 0.6) is 0 Å². The van der Waals surface area contributed by atoms with E-state index in [4.69, 9.17) is 5.73 Å². The Bertz CT molecular complexity index is 266. The Kier molecular flexibility index (Phi) is 3.17. The average Bonchev–Trinajstić information content (AvgIpc) is 2.03. The molecule has 1 aromatic rings. The molecule has 0 aromatic carbocycles. The van der Waals surface area contributed by atoms with E-state index in [1.54, 1.807) is 18.0 Å². The molecule has 0 bridgehead atoms. The van der Waals surface area contributed by atoms with Crippen LogP contribution >= 0.6 is 11.8 Å². The van der Waals surface area contributed by atoms with Crippen LogP contribution in [0.2, 0.25) is 0 Å². The van der Waals surface area contributed by atoms with E-state index in [9.17, 15) is 0 Å². The van der Waals surface area contributed by atoms with Crippen LogP contribution in [0.3, 0.4) is 0 Å². The molecule has 0 aliphatic heterocycles. The van der Waals surface area contributed by atoms with Gasteiger partial charge in [-0.25, -0.2) is 4.98 Å². The Morgan fingerprint density at radius 1 is 1.67 bits per heavy atom. The molecule has 12 heavy (non-hydrogen) atoms. The van der Waals surface area contributed by atoms with Crippen LogP contribution in [-0.2, 0) is 0 Å². The van der Waals surface area contributed by atoms with E-state index in [1.807, 2.05) is 19.1 Å². The maximum absolute atomic E-state index is 5.49. The van der Waals surface area contributed by atoms with E-state index in [2.05, 4.69) is 11.6 Å². The molecule has 3 heteroatoms. The Morgan fingerprint density at radius 2 is 2.42 bits per heavy atom. The second kappa shape index (κ2) is 4.16. The highest BCUT2D eigenvalue weighted by Crippen LogP contribution is 2.17. The highest BCUT2D eigenvalue weighted by atomic mass is 32.2. The summed E-state index contributed by atoms with van der Waals surface area (Å²) in [6.07, 6.45) is 1.67. The fourth-order valence-corrected chi connectivity index (χ4v) is 1.36. The third kappa shape index (κ3) is 2.96. The van der Waals surface area contributed by atoms with E-state index in [0.29, 0.717) is 5.69 Å². The Morgan fingerprint density at radius 3 is 2.92 bits per heavy atom. The first kappa shape index (κ1) is 9.13. The normalized spacial score (nSPS) is 9.75. The maximum atomic E-state index is 5.49. The molecule has 0 aliphatic carbocycles. The topological polar surface area (TPSA) is 38.9 Å². The van der Waals surface area contributed by atoms with Crippen molar-refractivity contribution in [1.29, 1.82) is 0 Å². The maximum Gasteiger partial charge on any atom is 0.0964 e. The molecule has 0 radical (unpaired) electrons. The van der Waals surface area contributed by atoms with E-state index in [0.717, 1.165) is 16.4 Å². The predicted octanol–water partition coefficient (Wildman–Crippen LogP) is 2.33. The lowest BCUT2D eigenvalue weighted by atomic mass is 10.4. The zero-order valence-electron chi connectivity index (χ0n) is 7.08. The van der Waals surface area contributed by atoms with Gasteiger partial charge in [0.15, 0.2) is 0 Å². The minimum atomic E-state index is 0.703. The minimum absolute atomic E-state index is 0.703. The molecule has 0 fully saturated rings. The fourth-order valence-electron chi connectivity index (χ4n) is 0.674. The molecular formula is C9H12N2S. The molecule has 64 valence electrons. The second-order valence-corrected chi connectivity index (χ2v) is 3.67. The molecule has 0 saturated heterocycles. The summed E-state index contributed by atoms with van der Waals surface area (Å²) < 4.78 is 0. The van der Waals surface area contributed by atoms with Crippen molar-refractivity contribution in [2.75, 3.05) is 11.5 Å². The van der Waals surface area contributed by atoms with Crippen LogP contribution < -0.4 is 5.73 Å². The molecule has 0 aliphatic rings. The molecule has 0 atom stereocenters. The standard InChI is InChI=1S/C9H12N2S/c1-7(2)6-12-9-4-3-8(10)5-11-9/h3-5H,1,6,10H2,2H3. The number of hydrogen-bond acceptors (Lipinski definition) is 3. The molecule has 0 unspecified atom stereocenters. The van der Waals surface area contributed by atoms with Crippen molar-refractivity contribution in [2.45, 2.75) is 11.9 Å². The first-order chi connectivity index (χ1) is 5.68. The molecule has 0 amide bonds. The number of thioether (sulfide) groups is 1. The van der Waals surface area contributed by atoms with E-state index in [1.165, 1.54) is 0 Å². The van der Waals surface area contributed by atoms with Gasteiger partial charge < -0.3 is 5.73 Å². The molecule has 1 aromatic heterocycles. The van der Waals surface area contributed by atoms with Gasteiger partial charge in [0, 0.05) is 5.75 Å². The van der Waals surface area contributed by atoms with Crippen molar-refractivity contribution in [3.63, 3.8) is 0 Å². The highest BCUT2D eigenvalue weighted by Gasteiger charge is 1.94. The van der Waals surface area contributed by atoms with Crippen LogP contribution in [0, 0.1) is 0 Å². The second-order valence-electron chi connectivity index (χ2n) is 2.68. The van der Waals surface area contributed by atoms with Crippen LogP contribution in [0.25, 0.3) is 0 Å². The lowest BCUT2D eigenvalue weighted by Gasteiger charge is -1.99. The number of anilines is 1. The van der Waals surface area contributed by atoms with Gasteiger partial charge in [-0.15, -0.1) is 11.8 Å². The molecular weight excluding hydrogens is 168 g/mol. The van der Waals surface area contributed by atoms with Gasteiger partial charge in [-0.05, 0) is 19.1 Å². The molecule has 2 nitrogen and oxygen atoms in total. The fraction of sp³-hybridized carbons (Fsp3) is 0.222. The zero-order valence-corrected chi connectivity index (χ0v) is 7.90. The van der Waals surface area contributed by atoms with Gasteiger partial charge in [0.05, 0.1) is 16.9 Å². The van der Waals surface area contributed by atoms with Crippen molar-refractivity contribution < 1.29 is 0 Å². The van der Waals surface area contributed by atoms with E-state index >= 15 is 0 Å². The third-order valence-electron chi connectivity index (χ3n) is 1.23. The minimum Gasteiger partial charge on any atom is -0.397 e. The molecule has 1 rings (SSSR count). The molecule has 2 N–H and O–H groups in total. The lowest BCUT2D eigenvalue weighted by molar-refractivity contribution is 1.14. The van der Waals surface area contributed by atoms with E-state index < -0.39 is 0 Å². The highest BCUT2D eigenvalue weighted by molar-refractivity contribution is 7.99. The Labute approximate surface area is 76.9 Å². The quantitative estimate of drug-likeness (QED) is 0.573. The number of nitrogen functional groups attached to an aromatic ring is 1. The summed E-state index contributed by atoms with van der Waals surface area (Å²) in [6, 6.07) is 3.77. The van der Waals surface area contributed by atoms with Gasteiger partial charge in [-0.1, -0.05) is 12.2 Å². The summed E-state index contributed by atoms with van der Waals surface area (Å²) in [4.78, 5) is 4.15. The summed E-state index contributed by atoms with van der Waals surface area (Å²) in [7, 11) is 0. The van der Waals surface area contributed by atoms with Crippen molar-refractivity contribution in [1.82, 2.24) is 4.98 Å².